The third-order valence-electron chi connectivity index (χ3n) is 3.94. The molecule has 1 heterocycles. The maximum Gasteiger partial charge on any atom is 0.323 e. The molecule has 1 aromatic rings. The van der Waals surface area contributed by atoms with E-state index in [1.807, 2.05) is 13.8 Å². The maximum absolute atomic E-state index is 12.6. The van der Waals surface area contributed by atoms with E-state index in [1.165, 1.54) is 19.2 Å². The molecule has 0 aromatic heterocycles. The fourth-order valence-electron chi connectivity index (χ4n) is 2.62. The van der Waals surface area contributed by atoms with Crippen molar-refractivity contribution >= 4 is 27.6 Å². The Morgan fingerprint density at radius 3 is 2.62 bits per heavy atom. The zero-order chi connectivity index (χ0) is 18.1. The van der Waals surface area contributed by atoms with Gasteiger partial charge in [0, 0.05) is 5.69 Å². The molecule has 0 spiro atoms. The first-order valence-corrected chi connectivity index (χ1v) is 9.19. The molecule has 2 N–H and O–H groups in total. The zero-order valence-corrected chi connectivity index (χ0v) is 14.9. The van der Waals surface area contributed by atoms with Crippen LogP contribution in [0.25, 0.3) is 0 Å². The molecule has 1 aliphatic heterocycles. The normalized spacial score (nSPS) is 18.2. The van der Waals surface area contributed by atoms with Crippen LogP contribution in [0.1, 0.15) is 38.7 Å². The number of esters is 1. The number of methoxy groups -OCH3 is 1. The van der Waals surface area contributed by atoms with Gasteiger partial charge < -0.3 is 10.1 Å². The molecule has 0 unspecified atom stereocenters. The van der Waals surface area contributed by atoms with Crippen molar-refractivity contribution in [3.05, 3.63) is 23.8 Å². The molecule has 0 saturated carbocycles. The molecule has 2 atom stereocenters. The predicted molar refractivity (Wildman–Crippen MR) is 89.1 cm³/mol. The molecule has 132 valence electrons. The standard InChI is InChI=1S/C16H22N2O5S/c1-9(2)7-14(16(20)23-4)18-24(21,22)11-5-6-13-12(8-11)10(3)15(19)17-13/h5-6,8-10,14,18H,7H2,1-4H3,(H,17,19)/t10-,14-/m0/s1. The van der Waals surface area contributed by atoms with Crippen molar-refractivity contribution < 1.29 is 22.7 Å². The molecule has 7 nitrogen and oxygen atoms in total. The molecule has 2 rings (SSSR count). The SMILES string of the molecule is COC(=O)[C@H](CC(C)C)NS(=O)(=O)c1ccc2c(c1)[C@H](C)C(=O)N2. The Kier molecular flexibility index (Phi) is 5.29. The lowest BCUT2D eigenvalue weighted by Crippen LogP contribution is -2.42. The topological polar surface area (TPSA) is 102 Å². The van der Waals surface area contributed by atoms with Crippen LogP contribution in [0.5, 0.6) is 0 Å². The van der Waals surface area contributed by atoms with Crippen LogP contribution < -0.4 is 10.0 Å². The van der Waals surface area contributed by atoms with E-state index in [-0.39, 0.29) is 16.7 Å². The minimum Gasteiger partial charge on any atom is -0.468 e. The highest BCUT2D eigenvalue weighted by Gasteiger charge is 2.31. The van der Waals surface area contributed by atoms with Gasteiger partial charge in [-0.3, -0.25) is 9.59 Å². The first-order chi connectivity index (χ1) is 11.2. The summed E-state index contributed by atoms with van der Waals surface area (Å²) in [5.74, 6) is -1.10. The van der Waals surface area contributed by atoms with Crippen LogP contribution in [0.2, 0.25) is 0 Å². The molecule has 0 saturated heterocycles. The summed E-state index contributed by atoms with van der Waals surface area (Å²) in [4.78, 5) is 23.5. The van der Waals surface area contributed by atoms with E-state index in [1.54, 1.807) is 13.0 Å². The first-order valence-electron chi connectivity index (χ1n) is 7.70. The number of ether oxygens (including phenoxy) is 1. The second kappa shape index (κ2) is 6.90. The maximum atomic E-state index is 12.6. The Morgan fingerprint density at radius 2 is 2.04 bits per heavy atom. The van der Waals surface area contributed by atoms with Gasteiger partial charge in [0.25, 0.3) is 0 Å². The van der Waals surface area contributed by atoms with E-state index >= 15 is 0 Å². The van der Waals surface area contributed by atoms with Gasteiger partial charge >= 0.3 is 5.97 Å². The number of carbonyl (C=O) groups excluding carboxylic acids is 2. The molecular weight excluding hydrogens is 332 g/mol. The number of nitrogens with one attached hydrogen (secondary N) is 2. The number of rotatable bonds is 6. The molecule has 24 heavy (non-hydrogen) atoms. The lowest BCUT2D eigenvalue weighted by atomic mass is 10.0. The van der Waals surface area contributed by atoms with E-state index in [4.69, 9.17) is 0 Å². The van der Waals surface area contributed by atoms with Gasteiger partial charge in [-0.15, -0.1) is 0 Å². The van der Waals surface area contributed by atoms with Crippen LogP contribution in [0.15, 0.2) is 23.1 Å². The van der Waals surface area contributed by atoms with Crippen molar-refractivity contribution in [2.75, 3.05) is 12.4 Å². The van der Waals surface area contributed by atoms with Gasteiger partial charge in [-0.25, -0.2) is 8.42 Å². The Hall–Kier alpha value is -1.93. The number of hydrogen-bond donors (Lipinski definition) is 2. The molecule has 0 radical (unpaired) electrons. The summed E-state index contributed by atoms with van der Waals surface area (Å²) in [5, 5.41) is 2.69. The van der Waals surface area contributed by atoms with Crippen molar-refractivity contribution in [3.8, 4) is 0 Å². The predicted octanol–water partition coefficient (Wildman–Crippen LogP) is 1.61. The van der Waals surface area contributed by atoms with Gasteiger partial charge in [0.1, 0.15) is 6.04 Å². The number of carbonyl (C=O) groups is 2. The molecule has 0 fully saturated rings. The van der Waals surface area contributed by atoms with Gasteiger partial charge in [-0.1, -0.05) is 13.8 Å². The van der Waals surface area contributed by atoms with Gasteiger partial charge in [0.15, 0.2) is 0 Å². The number of sulfonamides is 1. The van der Waals surface area contributed by atoms with E-state index in [0.717, 1.165) is 0 Å². The molecule has 1 aromatic carbocycles. The van der Waals surface area contributed by atoms with E-state index in [9.17, 15) is 18.0 Å². The second-order valence-electron chi connectivity index (χ2n) is 6.29. The van der Waals surface area contributed by atoms with Gasteiger partial charge in [-0.05, 0) is 43.0 Å². The Morgan fingerprint density at radius 1 is 1.38 bits per heavy atom. The van der Waals surface area contributed by atoms with E-state index < -0.39 is 28.0 Å². The molecule has 0 aliphatic carbocycles. The average Bonchev–Trinajstić information content (AvgIpc) is 2.79. The third kappa shape index (κ3) is 3.76. The Labute approximate surface area is 141 Å². The Balaban J connectivity index is 2.30. The van der Waals surface area contributed by atoms with Gasteiger partial charge in [-0.2, -0.15) is 4.72 Å². The molecular formula is C16H22N2O5S. The average molecular weight is 354 g/mol. The molecule has 1 aliphatic rings. The van der Waals surface area contributed by atoms with Gasteiger partial charge in [0.2, 0.25) is 15.9 Å². The fraction of sp³-hybridized carbons (Fsp3) is 0.500. The summed E-state index contributed by atoms with van der Waals surface area (Å²) in [7, 11) is -2.69. The van der Waals surface area contributed by atoms with Crippen molar-refractivity contribution in [1.29, 1.82) is 0 Å². The lowest BCUT2D eigenvalue weighted by Gasteiger charge is -2.18. The van der Waals surface area contributed by atoms with Gasteiger partial charge in [0.05, 0.1) is 17.9 Å². The largest absolute Gasteiger partial charge is 0.468 e. The van der Waals surface area contributed by atoms with E-state index in [0.29, 0.717) is 17.7 Å². The van der Waals surface area contributed by atoms with Crippen molar-refractivity contribution in [3.63, 3.8) is 0 Å². The summed E-state index contributed by atoms with van der Waals surface area (Å²) in [6.45, 7) is 5.48. The second-order valence-corrected chi connectivity index (χ2v) is 8.00. The lowest BCUT2D eigenvalue weighted by molar-refractivity contribution is -0.143. The fourth-order valence-corrected chi connectivity index (χ4v) is 3.86. The summed E-state index contributed by atoms with van der Waals surface area (Å²) >= 11 is 0. The zero-order valence-electron chi connectivity index (χ0n) is 14.1. The number of fused-ring (bicyclic) bond motifs is 1. The quantitative estimate of drug-likeness (QED) is 0.756. The Bertz CT molecular complexity index is 758. The molecule has 8 heteroatoms. The van der Waals surface area contributed by atoms with Crippen molar-refractivity contribution in [2.45, 2.75) is 44.0 Å². The van der Waals surface area contributed by atoms with Crippen LogP contribution in [0, 0.1) is 5.92 Å². The van der Waals surface area contributed by atoms with Crippen LogP contribution in [-0.2, 0) is 24.3 Å². The minimum absolute atomic E-state index is 0.0160. The summed E-state index contributed by atoms with van der Waals surface area (Å²) in [5.41, 5.74) is 1.24. The smallest absolute Gasteiger partial charge is 0.323 e. The highest BCUT2D eigenvalue weighted by Crippen LogP contribution is 2.33. The van der Waals surface area contributed by atoms with Crippen LogP contribution >= 0.6 is 0 Å². The number of anilines is 1. The minimum atomic E-state index is -3.91. The summed E-state index contributed by atoms with van der Waals surface area (Å²) in [6.07, 6.45) is 0.327. The summed E-state index contributed by atoms with van der Waals surface area (Å²) < 4.78 is 32.3. The van der Waals surface area contributed by atoms with Crippen LogP contribution in [0.3, 0.4) is 0 Å². The number of hydrogen-bond acceptors (Lipinski definition) is 5. The number of benzene rings is 1. The molecule has 1 amide bonds. The van der Waals surface area contributed by atoms with Crippen molar-refractivity contribution in [2.24, 2.45) is 5.92 Å². The third-order valence-corrected chi connectivity index (χ3v) is 5.41. The van der Waals surface area contributed by atoms with Crippen LogP contribution in [-0.4, -0.2) is 33.4 Å². The molecule has 0 bridgehead atoms. The van der Waals surface area contributed by atoms with Crippen LogP contribution in [0.4, 0.5) is 5.69 Å². The van der Waals surface area contributed by atoms with E-state index in [2.05, 4.69) is 14.8 Å². The summed E-state index contributed by atoms with van der Waals surface area (Å²) in [6, 6.07) is 3.47. The highest BCUT2D eigenvalue weighted by atomic mass is 32.2. The van der Waals surface area contributed by atoms with Crippen molar-refractivity contribution in [1.82, 2.24) is 4.72 Å². The number of amides is 1. The highest BCUT2D eigenvalue weighted by molar-refractivity contribution is 7.89. The first kappa shape index (κ1) is 18.4. The monoisotopic (exact) mass is 354 g/mol.